The van der Waals surface area contributed by atoms with Crippen molar-refractivity contribution < 1.29 is 4.39 Å². The minimum Gasteiger partial charge on any atom is -0.328 e. The van der Waals surface area contributed by atoms with Crippen LogP contribution in [-0.2, 0) is 0 Å². The normalized spacial score (nSPS) is 34.2. The highest BCUT2D eigenvalue weighted by atomic mass is 19.1. The van der Waals surface area contributed by atoms with E-state index in [1.165, 1.54) is 38.5 Å². The third-order valence-corrected chi connectivity index (χ3v) is 4.62. The second-order valence-electron chi connectivity index (χ2n) is 5.89. The fourth-order valence-corrected chi connectivity index (χ4v) is 3.37. The highest BCUT2D eigenvalue weighted by Gasteiger charge is 2.32. The summed E-state index contributed by atoms with van der Waals surface area (Å²) < 4.78 is 14.2. The molecule has 1 saturated heterocycles. The summed E-state index contributed by atoms with van der Waals surface area (Å²) in [6.07, 6.45) is 10.4. The lowest BCUT2D eigenvalue weighted by Gasteiger charge is -2.30. The molecule has 0 aromatic carbocycles. The van der Waals surface area contributed by atoms with E-state index in [9.17, 15) is 4.39 Å². The summed E-state index contributed by atoms with van der Waals surface area (Å²) >= 11 is 0. The third kappa shape index (κ3) is 3.65. The lowest BCUT2D eigenvalue weighted by atomic mass is 9.97. The van der Waals surface area contributed by atoms with E-state index in [1.807, 2.05) is 0 Å². The lowest BCUT2D eigenvalue weighted by molar-refractivity contribution is 0.136. The number of nitrogens with two attached hydrogens (primary N) is 1. The second-order valence-corrected chi connectivity index (χ2v) is 5.89. The van der Waals surface area contributed by atoms with Gasteiger partial charge in [0.05, 0.1) is 0 Å². The molecule has 0 amide bonds. The minimum absolute atomic E-state index is 0.200. The Kier molecular flexibility index (Phi) is 4.80. The van der Waals surface area contributed by atoms with Crippen molar-refractivity contribution in [3.63, 3.8) is 0 Å². The van der Waals surface area contributed by atoms with Crippen LogP contribution in [0.3, 0.4) is 0 Å². The first-order valence-corrected chi connectivity index (χ1v) is 7.37. The number of hydrogen-bond donors (Lipinski definition) is 1. The Bertz CT molecular complexity index is 226. The largest absolute Gasteiger partial charge is 0.328 e. The van der Waals surface area contributed by atoms with E-state index < -0.39 is 5.67 Å². The average Bonchev–Trinajstić information content (AvgIpc) is 2.70. The summed E-state index contributed by atoms with van der Waals surface area (Å²) in [6, 6.07) is 0.720. The molecule has 0 radical (unpaired) electrons. The lowest BCUT2D eigenvalue weighted by Crippen LogP contribution is -2.38. The van der Waals surface area contributed by atoms with Crippen LogP contribution in [0.25, 0.3) is 0 Å². The molecule has 17 heavy (non-hydrogen) atoms. The van der Waals surface area contributed by atoms with Gasteiger partial charge in [0.15, 0.2) is 0 Å². The van der Waals surface area contributed by atoms with Crippen LogP contribution in [0.1, 0.15) is 57.8 Å². The predicted octanol–water partition coefficient (Wildman–Crippen LogP) is 2.86. The van der Waals surface area contributed by atoms with Crippen molar-refractivity contribution in [1.82, 2.24) is 4.90 Å². The molecule has 2 N–H and O–H groups in total. The summed E-state index contributed by atoms with van der Waals surface area (Å²) in [5.74, 6) is 0. The molecule has 1 aliphatic heterocycles. The van der Waals surface area contributed by atoms with Crippen molar-refractivity contribution in [3.05, 3.63) is 0 Å². The van der Waals surface area contributed by atoms with E-state index in [0.29, 0.717) is 12.8 Å². The van der Waals surface area contributed by atoms with Gasteiger partial charge in [0.25, 0.3) is 0 Å². The molecule has 1 saturated carbocycles. The Hall–Kier alpha value is -0.150. The Morgan fingerprint density at radius 2 is 1.71 bits per heavy atom. The van der Waals surface area contributed by atoms with E-state index in [1.54, 1.807) is 0 Å². The molecule has 2 fully saturated rings. The number of likely N-dealkylation sites (tertiary alicyclic amines) is 1. The van der Waals surface area contributed by atoms with E-state index in [-0.39, 0.29) is 6.54 Å². The van der Waals surface area contributed by atoms with E-state index >= 15 is 0 Å². The minimum atomic E-state index is -1.08. The Morgan fingerprint density at radius 3 is 2.35 bits per heavy atom. The summed E-state index contributed by atoms with van der Waals surface area (Å²) in [5, 5.41) is 0. The number of alkyl halides is 1. The van der Waals surface area contributed by atoms with Crippen molar-refractivity contribution in [1.29, 1.82) is 0 Å². The zero-order valence-electron chi connectivity index (χ0n) is 11.0. The molecule has 0 aromatic rings. The van der Waals surface area contributed by atoms with Crippen molar-refractivity contribution >= 4 is 0 Å². The van der Waals surface area contributed by atoms with Crippen molar-refractivity contribution in [3.8, 4) is 0 Å². The van der Waals surface area contributed by atoms with Gasteiger partial charge in [-0.1, -0.05) is 25.7 Å². The first-order chi connectivity index (χ1) is 8.23. The number of nitrogens with zero attached hydrogens (tertiary/aromatic N) is 1. The van der Waals surface area contributed by atoms with Crippen molar-refractivity contribution in [2.75, 3.05) is 19.6 Å². The van der Waals surface area contributed by atoms with Gasteiger partial charge in [0, 0.05) is 19.1 Å². The van der Waals surface area contributed by atoms with Gasteiger partial charge < -0.3 is 10.6 Å². The first-order valence-electron chi connectivity index (χ1n) is 7.37. The van der Waals surface area contributed by atoms with Gasteiger partial charge in [-0.2, -0.15) is 0 Å². The molecule has 1 aliphatic carbocycles. The monoisotopic (exact) mass is 242 g/mol. The van der Waals surface area contributed by atoms with Gasteiger partial charge in [-0.15, -0.1) is 0 Å². The van der Waals surface area contributed by atoms with Crippen molar-refractivity contribution in [2.45, 2.75) is 69.5 Å². The summed E-state index contributed by atoms with van der Waals surface area (Å²) in [4.78, 5) is 2.54. The van der Waals surface area contributed by atoms with Crippen LogP contribution in [0.2, 0.25) is 0 Å². The highest BCUT2D eigenvalue weighted by Crippen LogP contribution is 2.29. The fraction of sp³-hybridized carbons (Fsp3) is 1.00. The Morgan fingerprint density at radius 1 is 1.00 bits per heavy atom. The molecule has 2 aliphatic rings. The molecule has 0 spiro atoms. The molecule has 100 valence electrons. The smallest absolute Gasteiger partial charge is 0.124 e. The zero-order valence-corrected chi connectivity index (χ0v) is 11.0. The maximum Gasteiger partial charge on any atom is 0.124 e. The first kappa shape index (κ1) is 13.3. The van der Waals surface area contributed by atoms with Crippen LogP contribution in [0.15, 0.2) is 0 Å². The van der Waals surface area contributed by atoms with Crippen LogP contribution in [0, 0.1) is 0 Å². The number of halogens is 1. The highest BCUT2D eigenvalue weighted by molar-refractivity contribution is 4.87. The number of rotatable bonds is 2. The third-order valence-electron chi connectivity index (χ3n) is 4.62. The summed E-state index contributed by atoms with van der Waals surface area (Å²) in [7, 11) is 0. The van der Waals surface area contributed by atoms with Crippen LogP contribution in [0.4, 0.5) is 4.39 Å². The van der Waals surface area contributed by atoms with Gasteiger partial charge in [-0.25, -0.2) is 4.39 Å². The van der Waals surface area contributed by atoms with Gasteiger partial charge >= 0.3 is 0 Å². The maximum atomic E-state index is 14.2. The quantitative estimate of drug-likeness (QED) is 0.754. The molecule has 0 aromatic heterocycles. The molecule has 1 heterocycles. The SMILES string of the molecule is NCC1(F)CCCN(C2CCCCCC2)CC1. The van der Waals surface area contributed by atoms with E-state index in [2.05, 4.69) is 4.90 Å². The maximum absolute atomic E-state index is 14.2. The predicted molar refractivity (Wildman–Crippen MR) is 69.8 cm³/mol. The van der Waals surface area contributed by atoms with E-state index in [4.69, 9.17) is 5.73 Å². The summed E-state index contributed by atoms with van der Waals surface area (Å²) in [6.45, 7) is 2.19. The second kappa shape index (κ2) is 6.14. The Labute approximate surface area is 105 Å². The molecule has 1 atom stereocenters. The van der Waals surface area contributed by atoms with Gasteiger partial charge in [-0.3, -0.25) is 0 Å². The van der Waals surface area contributed by atoms with Crippen LogP contribution < -0.4 is 5.73 Å². The Balaban J connectivity index is 1.88. The molecule has 2 nitrogen and oxygen atoms in total. The molecule has 1 unspecified atom stereocenters. The zero-order chi connectivity index (χ0) is 12.1. The standard InChI is InChI=1S/C14H27FN2/c15-14(12-16)8-5-10-17(11-9-14)13-6-3-1-2-4-7-13/h13H,1-12,16H2. The molecule has 2 rings (SSSR count). The topological polar surface area (TPSA) is 29.3 Å². The van der Waals surface area contributed by atoms with Gasteiger partial charge in [-0.05, 0) is 38.6 Å². The molecular formula is C14H27FN2. The van der Waals surface area contributed by atoms with Crippen LogP contribution in [0.5, 0.6) is 0 Å². The van der Waals surface area contributed by atoms with Crippen LogP contribution in [-0.4, -0.2) is 36.2 Å². The van der Waals surface area contributed by atoms with E-state index in [0.717, 1.165) is 25.6 Å². The number of hydrogen-bond acceptors (Lipinski definition) is 2. The molecule has 3 heteroatoms. The van der Waals surface area contributed by atoms with Gasteiger partial charge in [0.1, 0.15) is 5.67 Å². The molecular weight excluding hydrogens is 215 g/mol. The van der Waals surface area contributed by atoms with Gasteiger partial charge in [0.2, 0.25) is 0 Å². The summed E-state index contributed by atoms with van der Waals surface area (Å²) in [5.41, 5.74) is 4.48. The molecule has 0 bridgehead atoms. The van der Waals surface area contributed by atoms with Crippen molar-refractivity contribution in [2.24, 2.45) is 5.73 Å². The fourth-order valence-electron chi connectivity index (χ4n) is 3.37. The average molecular weight is 242 g/mol. The van der Waals surface area contributed by atoms with Crippen LogP contribution >= 0.6 is 0 Å².